The Hall–Kier alpha value is -2.82. The van der Waals surface area contributed by atoms with Crippen LogP contribution in [0, 0.1) is 6.92 Å². The molecule has 27 heavy (non-hydrogen) atoms. The summed E-state index contributed by atoms with van der Waals surface area (Å²) in [6.07, 6.45) is 0. The van der Waals surface area contributed by atoms with Gasteiger partial charge in [-0.3, -0.25) is 9.59 Å². The third kappa shape index (κ3) is 5.33. The highest BCUT2D eigenvalue weighted by atomic mass is 16.5. The molecule has 0 saturated heterocycles. The van der Waals surface area contributed by atoms with Crippen LogP contribution in [0.2, 0.25) is 0 Å². The fraction of sp³-hybridized carbons (Fsp3) is 0.364. The van der Waals surface area contributed by atoms with E-state index < -0.39 is 0 Å². The van der Waals surface area contributed by atoms with Gasteiger partial charge in [0.1, 0.15) is 12.3 Å². The van der Waals surface area contributed by atoms with E-state index in [2.05, 4.69) is 26.1 Å². The first-order valence-corrected chi connectivity index (χ1v) is 8.95. The Morgan fingerprint density at radius 1 is 1.07 bits per heavy atom. The summed E-state index contributed by atoms with van der Waals surface area (Å²) >= 11 is 0. The lowest BCUT2D eigenvalue weighted by Gasteiger charge is -2.23. The lowest BCUT2D eigenvalue weighted by molar-refractivity contribution is -0.120. The van der Waals surface area contributed by atoms with E-state index in [1.165, 1.54) is 17.4 Å². The van der Waals surface area contributed by atoms with Crippen LogP contribution in [-0.2, 0) is 15.0 Å². The van der Waals surface area contributed by atoms with E-state index in [4.69, 9.17) is 4.74 Å². The van der Waals surface area contributed by atoms with Crippen molar-refractivity contribution in [3.63, 3.8) is 0 Å². The van der Waals surface area contributed by atoms with Gasteiger partial charge in [-0.05, 0) is 47.7 Å². The predicted molar refractivity (Wildman–Crippen MR) is 110 cm³/mol. The minimum Gasteiger partial charge on any atom is -0.495 e. The second-order valence-corrected chi connectivity index (χ2v) is 7.65. The van der Waals surface area contributed by atoms with E-state index in [-0.39, 0.29) is 23.8 Å². The second-order valence-electron chi connectivity index (χ2n) is 7.65. The number of carbonyl (C=O) groups is 2. The van der Waals surface area contributed by atoms with E-state index in [0.717, 1.165) is 5.56 Å². The Kier molecular flexibility index (Phi) is 6.26. The summed E-state index contributed by atoms with van der Waals surface area (Å²) in [7, 11) is 1.55. The molecule has 0 aliphatic heterocycles. The van der Waals surface area contributed by atoms with Crippen molar-refractivity contribution in [1.29, 1.82) is 0 Å². The van der Waals surface area contributed by atoms with Crippen molar-refractivity contribution in [3.8, 4) is 5.75 Å². The first-order valence-electron chi connectivity index (χ1n) is 8.95. The molecule has 0 aromatic heterocycles. The van der Waals surface area contributed by atoms with Crippen LogP contribution in [0.25, 0.3) is 0 Å². The molecular weight excluding hydrogens is 340 g/mol. The molecule has 5 heteroatoms. The number of nitrogens with one attached hydrogen (secondary N) is 1. The molecule has 2 rings (SSSR count). The number of benzene rings is 2. The molecule has 5 nitrogen and oxygen atoms in total. The van der Waals surface area contributed by atoms with Crippen LogP contribution >= 0.6 is 0 Å². The Morgan fingerprint density at radius 2 is 1.70 bits per heavy atom. The third-order valence-electron chi connectivity index (χ3n) is 4.36. The van der Waals surface area contributed by atoms with Crippen LogP contribution < -0.4 is 15.0 Å². The topological polar surface area (TPSA) is 58.6 Å². The maximum atomic E-state index is 12.5. The van der Waals surface area contributed by atoms with E-state index >= 15 is 0 Å². The number of nitrogens with zero attached hydrogens (tertiary/aromatic N) is 1. The van der Waals surface area contributed by atoms with Crippen molar-refractivity contribution < 1.29 is 14.3 Å². The molecule has 0 radical (unpaired) electrons. The summed E-state index contributed by atoms with van der Waals surface area (Å²) in [6.45, 7) is 9.72. The van der Waals surface area contributed by atoms with Gasteiger partial charge in [0.25, 0.3) is 0 Å². The largest absolute Gasteiger partial charge is 0.495 e. The Bertz CT molecular complexity index is 820. The van der Waals surface area contributed by atoms with Crippen LogP contribution in [0.4, 0.5) is 11.4 Å². The van der Waals surface area contributed by atoms with Gasteiger partial charge < -0.3 is 15.0 Å². The zero-order chi connectivity index (χ0) is 20.2. The average molecular weight is 368 g/mol. The molecule has 0 bridgehead atoms. The number of rotatable bonds is 5. The van der Waals surface area contributed by atoms with Gasteiger partial charge in [-0.2, -0.15) is 0 Å². The summed E-state index contributed by atoms with van der Waals surface area (Å²) in [4.78, 5) is 26.1. The van der Waals surface area contributed by atoms with Crippen LogP contribution in [0.5, 0.6) is 5.75 Å². The number of hydrogen-bond acceptors (Lipinski definition) is 3. The molecule has 2 aromatic carbocycles. The van der Waals surface area contributed by atoms with Gasteiger partial charge in [0.2, 0.25) is 11.8 Å². The van der Waals surface area contributed by atoms with Crippen LogP contribution in [0.15, 0.2) is 42.5 Å². The number of aryl methyl sites for hydroxylation is 1. The first-order chi connectivity index (χ1) is 12.6. The van der Waals surface area contributed by atoms with Gasteiger partial charge in [-0.1, -0.05) is 39.0 Å². The first kappa shape index (κ1) is 20.5. The van der Waals surface area contributed by atoms with Gasteiger partial charge in [-0.15, -0.1) is 0 Å². The van der Waals surface area contributed by atoms with Crippen molar-refractivity contribution in [2.24, 2.45) is 0 Å². The third-order valence-corrected chi connectivity index (χ3v) is 4.36. The number of methoxy groups -OCH3 is 1. The second kappa shape index (κ2) is 8.25. The molecule has 0 aliphatic rings. The number of amides is 2. The van der Waals surface area contributed by atoms with Crippen LogP contribution in [-0.4, -0.2) is 25.5 Å². The maximum absolute atomic E-state index is 12.5. The number of carbonyl (C=O) groups excluding carboxylic acids is 2. The van der Waals surface area contributed by atoms with E-state index in [1.807, 2.05) is 43.3 Å². The smallest absolute Gasteiger partial charge is 0.244 e. The van der Waals surface area contributed by atoms with Crippen LogP contribution in [0.3, 0.4) is 0 Å². The number of ether oxygens (including phenoxy) is 1. The van der Waals surface area contributed by atoms with Crippen molar-refractivity contribution in [3.05, 3.63) is 53.6 Å². The van der Waals surface area contributed by atoms with E-state index in [1.54, 1.807) is 13.2 Å². The Labute approximate surface area is 161 Å². The molecule has 0 unspecified atom stereocenters. The zero-order valence-corrected chi connectivity index (χ0v) is 16.9. The highest BCUT2D eigenvalue weighted by Crippen LogP contribution is 2.27. The number of anilines is 2. The quantitative estimate of drug-likeness (QED) is 0.856. The monoisotopic (exact) mass is 368 g/mol. The molecule has 0 atom stereocenters. The summed E-state index contributed by atoms with van der Waals surface area (Å²) < 4.78 is 5.29. The fourth-order valence-corrected chi connectivity index (χ4v) is 2.78. The molecule has 0 spiro atoms. The van der Waals surface area contributed by atoms with Gasteiger partial charge in [0, 0.05) is 12.6 Å². The molecule has 1 N–H and O–H groups in total. The number of hydrogen-bond donors (Lipinski definition) is 1. The Morgan fingerprint density at radius 3 is 2.22 bits per heavy atom. The van der Waals surface area contributed by atoms with Gasteiger partial charge in [-0.25, -0.2) is 0 Å². The highest BCUT2D eigenvalue weighted by Gasteiger charge is 2.19. The predicted octanol–water partition coefficient (Wildman–Crippen LogP) is 4.29. The Balaban J connectivity index is 2.18. The fourth-order valence-electron chi connectivity index (χ4n) is 2.78. The van der Waals surface area contributed by atoms with Crippen molar-refractivity contribution >= 4 is 23.2 Å². The van der Waals surface area contributed by atoms with Crippen LogP contribution in [0.1, 0.15) is 38.8 Å². The van der Waals surface area contributed by atoms with Crippen molar-refractivity contribution in [2.45, 2.75) is 40.0 Å². The van der Waals surface area contributed by atoms with Crippen molar-refractivity contribution in [1.82, 2.24) is 0 Å². The minimum absolute atomic E-state index is 0.0265. The molecule has 2 aromatic rings. The highest BCUT2D eigenvalue weighted by molar-refractivity contribution is 6.02. The van der Waals surface area contributed by atoms with E-state index in [9.17, 15) is 9.59 Å². The summed E-state index contributed by atoms with van der Waals surface area (Å²) in [6, 6.07) is 13.3. The zero-order valence-electron chi connectivity index (χ0n) is 16.9. The molecule has 0 heterocycles. The van der Waals surface area contributed by atoms with Crippen molar-refractivity contribution in [2.75, 3.05) is 23.9 Å². The summed E-state index contributed by atoms with van der Waals surface area (Å²) in [5.41, 5.74) is 3.49. The molecule has 144 valence electrons. The molecule has 0 fully saturated rings. The van der Waals surface area contributed by atoms with Gasteiger partial charge >= 0.3 is 0 Å². The normalized spacial score (nSPS) is 11.0. The molecule has 0 saturated carbocycles. The lowest BCUT2D eigenvalue weighted by atomic mass is 9.87. The lowest BCUT2D eigenvalue weighted by Crippen LogP contribution is -2.36. The average Bonchev–Trinajstić information content (AvgIpc) is 2.59. The maximum Gasteiger partial charge on any atom is 0.244 e. The summed E-state index contributed by atoms with van der Waals surface area (Å²) in [5.74, 6) is 0.108. The van der Waals surface area contributed by atoms with Gasteiger partial charge in [0.05, 0.1) is 12.8 Å². The van der Waals surface area contributed by atoms with E-state index in [0.29, 0.717) is 17.1 Å². The SMILES string of the molecule is COc1ccc(C)cc1NC(=O)CN(C(C)=O)c1ccc(C(C)(C)C)cc1. The molecular formula is C22H28N2O3. The standard InChI is InChI=1S/C22H28N2O3/c1-15-7-12-20(27-6)19(13-15)23-21(26)14-24(16(2)25)18-10-8-17(9-11-18)22(3,4)5/h7-13H,14H2,1-6H3,(H,23,26). The van der Waals surface area contributed by atoms with Gasteiger partial charge in [0.15, 0.2) is 0 Å². The minimum atomic E-state index is -0.283. The summed E-state index contributed by atoms with van der Waals surface area (Å²) in [5, 5.41) is 2.84. The molecule has 0 aliphatic carbocycles. The molecule has 2 amide bonds.